The van der Waals surface area contributed by atoms with Gasteiger partial charge in [-0.15, -0.1) is 0 Å². The fraction of sp³-hybridized carbons (Fsp3) is 0.385. The number of hydrogen-bond acceptors (Lipinski definition) is 2. The minimum absolute atomic E-state index is 0.0210. The fourth-order valence-electron chi connectivity index (χ4n) is 1.98. The van der Waals surface area contributed by atoms with E-state index in [-0.39, 0.29) is 33.5 Å². The van der Waals surface area contributed by atoms with Crippen LogP contribution in [-0.2, 0) is 0 Å². The summed E-state index contributed by atoms with van der Waals surface area (Å²) in [6, 6.07) is 1.33. The molecular formula is C13H11Cl2F3O2. The number of fused-ring (bicyclic) bond motifs is 1. The van der Waals surface area contributed by atoms with E-state index in [1.54, 1.807) is 0 Å². The van der Waals surface area contributed by atoms with Crippen molar-refractivity contribution in [2.24, 2.45) is 0 Å². The Hall–Kier alpha value is -1.07. The standard InChI is InChI=1S/C13H11Cl2F3O2/c1-3-12(13(16,17)18)5-4-7-10(15)9(19-2)6-8(14)11(7)20-12/h4-6H,3H2,1-2H3. The average Bonchev–Trinajstić information content (AvgIpc) is 2.40. The summed E-state index contributed by atoms with van der Waals surface area (Å²) in [7, 11) is 1.39. The van der Waals surface area contributed by atoms with E-state index >= 15 is 0 Å². The van der Waals surface area contributed by atoms with Crippen molar-refractivity contribution in [1.82, 2.24) is 0 Å². The molecule has 0 radical (unpaired) electrons. The van der Waals surface area contributed by atoms with Crippen LogP contribution in [0.25, 0.3) is 6.08 Å². The summed E-state index contributed by atoms with van der Waals surface area (Å²) in [5, 5.41) is 0.183. The van der Waals surface area contributed by atoms with Gasteiger partial charge in [0.1, 0.15) is 11.5 Å². The molecule has 0 saturated heterocycles. The van der Waals surface area contributed by atoms with E-state index in [9.17, 15) is 13.2 Å². The first-order chi connectivity index (χ1) is 9.25. The number of alkyl halides is 3. The van der Waals surface area contributed by atoms with Crippen molar-refractivity contribution < 1.29 is 22.6 Å². The monoisotopic (exact) mass is 326 g/mol. The highest BCUT2D eigenvalue weighted by atomic mass is 35.5. The summed E-state index contributed by atoms with van der Waals surface area (Å²) in [6.07, 6.45) is -2.60. The van der Waals surface area contributed by atoms with Gasteiger partial charge in [0.25, 0.3) is 0 Å². The molecule has 1 unspecified atom stereocenters. The third-order valence-electron chi connectivity index (χ3n) is 3.20. The first-order valence-electron chi connectivity index (χ1n) is 5.76. The normalized spacial score (nSPS) is 21.4. The van der Waals surface area contributed by atoms with Crippen molar-refractivity contribution >= 4 is 29.3 Å². The largest absolute Gasteiger partial charge is 0.495 e. The Bertz CT molecular complexity index is 570. The van der Waals surface area contributed by atoms with Crippen LogP contribution in [0, 0.1) is 0 Å². The van der Waals surface area contributed by atoms with Gasteiger partial charge in [0, 0.05) is 11.6 Å². The summed E-state index contributed by atoms with van der Waals surface area (Å²) < 4.78 is 49.7. The minimum atomic E-state index is -4.55. The molecule has 2 rings (SSSR count). The lowest BCUT2D eigenvalue weighted by molar-refractivity contribution is -0.230. The summed E-state index contributed by atoms with van der Waals surface area (Å²) in [6.45, 7) is 1.39. The van der Waals surface area contributed by atoms with Gasteiger partial charge in [0.2, 0.25) is 5.60 Å². The van der Waals surface area contributed by atoms with Gasteiger partial charge in [0.05, 0.1) is 17.2 Å². The van der Waals surface area contributed by atoms with Gasteiger partial charge in [-0.25, -0.2) is 0 Å². The van der Waals surface area contributed by atoms with Crippen LogP contribution in [-0.4, -0.2) is 18.9 Å². The Balaban J connectivity index is 2.60. The maximum absolute atomic E-state index is 13.2. The second-order valence-corrected chi connectivity index (χ2v) is 5.08. The number of halogens is 5. The molecule has 0 aliphatic carbocycles. The van der Waals surface area contributed by atoms with E-state index in [1.807, 2.05) is 0 Å². The third kappa shape index (κ3) is 2.23. The Labute approximate surface area is 124 Å². The fourth-order valence-corrected chi connectivity index (χ4v) is 2.50. The number of rotatable bonds is 2. The van der Waals surface area contributed by atoms with E-state index < -0.39 is 11.8 Å². The Kier molecular flexibility index (Phi) is 3.86. The zero-order chi connectivity index (χ0) is 15.1. The predicted molar refractivity (Wildman–Crippen MR) is 71.8 cm³/mol. The van der Waals surface area contributed by atoms with Crippen LogP contribution in [0.5, 0.6) is 11.5 Å². The topological polar surface area (TPSA) is 18.5 Å². The van der Waals surface area contributed by atoms with Crippen molar-refractivity contribution in [3.63, 3.8) is 0 Å². The molecule has 1 heterocycles. The number of methoxy groups -OCH3 is 1. The van der Waals surface area contributed by atoms with E-state index in [4.69, 9.17) is 32.7 Å². The van der Waals surface area contributed by atoms with E-state index in [0.717, 1.165) is 6.08 Å². The van der Waals surface area contributed by atoms with Gasteiger partial charge in [-0.3, -0.25) is 0 Å². The highest BCUT2D eigenvalue weighted by Crippen LogP contribution is 2.49. The van der Waals surface area contributed by atoms with Crippen LogP contribution in [0.15, 0.2) is 12.1 Å². The molecule has 0 bridgehead atoms. The molecule has 1 aliphatic rings. The Morgan fingerprint density at radius 1 is 1.35 bits per heavy atom. The first-order valence-corrected chi connectivity index (χ1v) is 6.52. The maximum Gasteiger partial charge on any atom is 0.432 e. The number of benzene rings is 1. The van der Waals surface area contributed by atoms with Crippen LogP contribution in [0.3, 0.4) is 0 Å². The number of ether oxygens (including phenoxy) is 2. The quantitative estimate of drug-likeness (QED) is 0.751. The van der Waals surface area contributed by atoms with Gasteiger partial charge in [-0.1, -0.05) is 30.1 Å². The van der Waals surface area contributed by atoms with E-state index in [0.29, 0.717) is 0 Å². The molecular weight excluding hydrogens is 316 g/mol. The molecule has 1 aromatic rings. The van der Waals surface area contributed by atoms with E-state index in [2.05, 4.69) is 0 Å². The molecule has 1 aliphatic heterocycles. The predicted octanol–water partition coefficient (Wildman–Crippen LogP) is 5.12. The van der Waals surface area contributed by atoms with Crippen LogP contribution in [0.1, 0.15) is 18.9 Å². The van der Waals surface area contributed by atoms with Crippen molar-refractivity contribution in [2.75, 3.05) is 7.11 Å². The smallest absolute Gasteiger partial charge is 0.432 e. The first kappa shape index (κ1) is 15.3. The van der Waals surface area contributed by atoms with E-state index in [1.165, 1.54) is 26.2 Å². The van der Waals surface area contributed by atoms with Crippen LogP contribution in [0.2, 0.25) is 10.0 Å². The molecule has 1 atom stereocenters. The molecule has 110 valence electrons. The van der Waals surface area contributed by atoms with Crippen LogP contribution in [0.4, 0.5) is 13.2 Å². The van der Waals surface area contributed by atoms with Crippen LogP contribution < -0.4 is 9.47 Å². The summed E-state index contributed by atoms with van der Waals surface area (Å²) in [4.78, 5) is 0. The molecule has 7 heteroatoms. The number of hydrogen-bond donors (Lipinski definition) is 0. The zero-order valence-corrected chi connectivity index (χ0v) is 12.2. The molecule has 2 nitrogen and oxygen atoms in total. The van der Waals surface area contributed by atoms with Gasteiger partial charge < -0.3 is 9.47 Å². The molecule has 0 aromatic heterocycles. The lowest BCUT2D eigenvalue weighted by Gasteiger charge is -2.36. The third-order valence-corrected chi connectivity index (χ3v) is 3.87. The molecule has 0 saturated carbocycles. The highest BCUT2D eigenvalue weighted by molar-refractivity contribution is 6.36. The molecule has 0 spiro atoms. The van der Waals surface area contributed by atoms with Gasteiger partial charge in [-0.2, -0.15) is 13.2 Å². The lowest BCUT2D eigenvalue weighted by Crippen LogP contribution is -2.49. The summed E-state index contributed by atoms with van der Waals surface area (Å²) in [5.41, 5.74) is -2.11. The molecule has 0 amide bonds. The van der Waals surface area contributed by atoms with Crippen molar-refractivity contribution in [3.8, 4) is 11.5 Å². The summed E-state index contributed by atoms with van der Waals surface area (Å²) >= 11 is 12.0. The SMILES string of the molecule is CCC1(C(F)(F)F)C=Cc2c(Cl)c(OC)cc(Cl)c2O1. The van der Waals surface area contributed by atoms with Crippen molar-refractivity contribution in [3.05, 3.63) is 27.8 Å². The molecule has 1 aromatic carbocycles. The van der Waals surface area contributed by atoms with Gasteiger partial charge in [0.15, 0.2) is 0 Å². The maximum atomic E-state index is 13.2. The highest BCUT2D eigenvalue weighted by Gasteiger charge is 2.56. The molecule has 20 heavy (non-hydrogen) atoms. The van der Waals surface area contributed by atoms with Gasteiger partial charge in [-0.05, 0) is 18.6 Å². The van der Waals surface area contributed by atoms with Gasteiger partial charge >= 0.3 is 6.18 Å². The Morgan fingerprint density at radius 2 is 2.00 bits per heavy atom. The second-order valence-electron chi connectivity index (χ2n) is 4.29. The Morgan fingerprint density at radius 3 is 2.50 bits per heavy atom. The molecule has 0 fully saturated rings. The average molecular weight is 327 g/mol. The summed E-state index contributed by atoms with van der Waals surface area (Å²) in [5.74, 6) is 0.193. The van der Waals surface area contributed by atoms with Crippen molar-refractivity contribution in [2.45, 2.75) is 25.1 Å². The lowest BCUT2D eigenvalue weighted by atomic mass is 9.94. The van der Waals surface area contributed by atoms with Crippen LogP contribution >= 0.6 is 23.2 Å². The van der Waals surface area contributed by atoms with Crippen molar-refractivity contribution in [1.29, 1.82) is 0 Å². The molecule has 0 N–H and O–H groups in total. The minimum Gasteiger partial charge on any atom is -0.495 e. The second kappa shape index (κ2) is 5.04. The zero-order valence-electron chi connectivity index (χ0n) is 10.6.